The lowest BCUT2D eigenvalue weighted by Crippen LogP contribution is -2.49. The fourth-order valence-corrected chi connectivity index (χ4v) is 4.60. The number of carboxylic acids is 2. The Morgan fingerprint density at radius 1 is 0.810 bits per heavy atom. The Labute approximate surface area is 126 Å². The van der Waals surface area contributed by atoms with Crippen molar-refractivity contribution >= 4 is 11.9 Å². The van der Waals surface area contributed by atoms with Gasteiger partial charge in [0.1, 0.15) is 5.41 Å². The molecule has 2 N–H and O–H groups in total. The van der Waals surface area contributed by atoms with Crippen LogP contribution in [0.1, 0.15) is 64.2 Å². The predicted molar refractivity (Wildman–Crippen MR) is 80.0 cm³/mol. The van der Waals surface area contributed by atoms with Gasteiger partial charge in [-0.1, -0.05) is 45.1 Å². The van der Waals surface area contributed by atoms with Crippen molar-refractivity contribution in [3.63, 3.8) is 0 Å². The van der Waals surface area contributed by atoms with Crippen molar-refractivity contribution < 1.29 is 19.8 Å². The van der Waals surface area contributed by atoms with E-state index in [9.17, 15) is 19.8 Å². The lowest BCUT2D eigenvalue weighted by molar-refractivity contribution is -0.159. The van der Waals surface area contributed by atoms with Gasteiger partial charge in [0.15, 0.2) is 0 Å². The van der Waals surface area contributed by atoms with Crippen molar-refractivity contribution in [2.75, 3.05) is 0 Å². The maximum absolute atomic E-state index is 12.2. The molecule has 118 valence electrons. The maximum atomic E-state index is 12.2. The van der Waals surface area contributed by atoms with Crippen LogP contribution >= 0.6 is 0 Å². The summed E-state index contributed by atoms with van der Waals surface area (Å²) < 4.78 is 0. The first-order valence-electron chi connectivity index (χ1n) is 8.17. The van der Waals surface area contributed by atoms with Gasteiger partial charge in [-0.2, -0.15) is 0 Å². The topological polar surface area (TPSA) is 74.6 Å². The van der Waals surface area contributed by atoms with E-state index < -0.39 is 17.4 Å². The number of hydrogen-bond acceptors (Lipinski definition) is 2. The van der Waals surface area contributed by atoms with Gasteiger partial charge in [-0.05, 0) is 37.5 Å². The van der Waals surface area contributed by atoms with E-state index in [0.717, 1.165) is 64.2 Å². The minimum Gasteiger partial charge on any atom is -0.481 e. The predicted octanol–water partition coefficient (Wildman–Crippen LogP) is 3.86. The Hall–Kier alpha value is -1.32. The maximum Gasteiger partial charge on any atom is 0.332 e. The molecule has 0 saturated heterocycles. The average Bonchev–Trinajstić information content (AvgIpc) is 2.49. The second-order valence-corrected chi connectivity index (χ2v) is 6.63. The van der Waals surface area contributed by atoms with Crippen LogP contribution < -0.4 is 0 Å². The smallest absolute Gasteiger partial charge is 0.332 e. The van der Waals surface area contributed by atoms with E-state index in [4.69, 9.17) is 0 Å². The van der Waals surface area contributed by atoms with E-state index in [1.807, 2.05) is 0 Å². The Morgan fingerprint density at radius 2 is 1.19 bits per heavy atom. The summed E-state index contributed by atoms with van der Waals surface area (Å²) in [6.07, 6.45) is 9.50. The normalized spacial score (nSPS) is 21.9. The molecule has 4 nitrogen and oxygen atoms in total. The molecule has 2 rings (SSSR count). The molecule has 0 aromatic carbocycles. The van der Waals surface area contributed by atoms with Crippen molar-refractivity contribution in [3.8, 4) is 0 Å². The van der Waals surface area contributed by atoms with Crippen molar-refractivity contribution in [1.82, 2.24) is 0 Å². The van der Waals surface area contributed by atoms with Gasteiger partial charge < -0.3 is 10.2 Å². The molecule has 0 atom stereocenters. The molecule has 2 fully saturated rings. The molecule has 0 spiro atoms. The minimum atomic E-state index is -1.26. The molecule has 0 aliphatic heterocycles. The molecule has 0 bridgehead atoms. The highest BCUT2D eigenvalue weighted by Crippen LogP contribution is 2.53. The number of aliphatic carboxylic acids is 2. The van der Waals surface area contributed by atoms with Crippen LogP contribution in [0.15, 0.2) is 12.2 Å². The van der Waals surface area contributed by atoms with Crippen LogP contribution in [0.5, 0.6) is 0 Å². The van der Waals surface area contributed by atoms with Gasteiger partial charge in [0, 0.05) is 5.57 Å². The zero-order valence-electron chi connectivity index (χ0n) is 12.6. The van der Waals surface area contributed by atoms with Gasteiger partial charge >= 0.3 is 11.9 Å². The van der Waals surface area contributed by atoms with Crippen LogP contribution in [0.2, 0.25) is 0 Å². The fourth-order valence-electron chi connectivity index (χ4n) is 4.60. The van der Waals surface area contributed by atoms with Gasteiger partial charge in [-0.25, -0.2) is 4.79 Å². The Bertz CT molecular complexity index is 397. The summed E-state index contributed by atoms with van der Waals surface area (Å²) in [6, 6.07) is 0. The molecule has 0 amide bonds. The van der Waals surface area contributed by atoms with Crippen molar-refractivity contribution in [3.05, 3.63) is 12.2 Å². The van der Waals surface area contributed by atoms with E-state index in [1.165, 1.54) is 0 Å². The van der Waals surface area contributed by atoms with E-state index in [-0.39, 0.29) is 17.4 Å². The lowest BCUT2D eigenvalue weighted by Gasteiger charge is -2.46. The first-order chi connectivity index (χ1) is 10.0. The average molecular weight is 294 g/mol. The minimum absolute atomic E-state index is 0.0737. The highest BCUT2D eigenvalue weighted by Gasteiger charge is 2.55. The monoisotopic (exact) mass is 294 g/mol. The quantitative estimate of drug-likeness (QED) is 0.755. The number of carbonyl (C=O) groups is 2. The zero-order chi connectivity index (χ0) is 15.5. The van der Waals surface area contributed by atoms with Crippen LogP contribution in [0.25, 0.3) is 0 Å². The summed E-state index contributed by atoms with van der Waals surface area (Å²) in [4.78, 5) is 23.8. The van der Waals surface area contributed by atoms with Gasteiger partial charge in [0.05, 0.1) is 0 Å². The van der Waals surface area contributed by atoms with Crippen LogP contribution in [0.4, 0.5) is 0 Å². The third kappa shape index (κ3) is 2.85. The molecule has 0 heterocycles. The van der Waals surface area contributed by atoms with E-state index in [1.54, 1.807) is 0 Å². The second kappa shape index (κ2) is 6.63. The van der Waals surface area contributed by atoms with Gasteiger partial charge in [-0.3, -0.25) is 4.79 Å². The molecule has 4 heteroatoms. The van der Waals surface area contributed by atoms with Crippen LogP contribution in [0.3, 0.4) is 0 Å². The Morgan fingerprint density at radius 3 is 1.48 bits per heavy atom. The summed E-state index contributed by atoms with van der Waals surface area (Å²) >= 11 is 0. The molecule has 2 aliphatic carbocycles. The van der Waals surface area contributed by atoms with Crippen molar-refractivity contribution in [2.45, 2.75) is 64.2 Å². The highest BCUT2D eigenvalue weighted by atomic mass is 16.4. The second-order valence-electron chi connectivity index (χ2n) is 6.63. The van der Waals surface area contributed by atoms with Gasteiger partial charge in [-0.15, -0.1) is 0 Å². The van der Waals surface area contributed by atoms with Crippen molar-refractivity contribution in [1.29, 1.82) is 0 Å². The number of rotatable bonds is 5. The highest BCUT2D eigenvalue weighted by molar-refractivity contribution is 5.96. The number of carboxylic acid groups (broad SMARTS) is 2. The molecule has 0 radical (unpaired) electrons. The first-order valence-corrected chi connectivity index (χ1v) is 8.17. The molecule has 2 saturated carbocycles. The molecule has 21 heavy (non-hydrogen) atoms. The summed E-state index contributed by atoms with van der Waals surface area (Å²) in [7, 11) is 0. The van der Waals surface area contributed by atoms with E-state index in [0.29, 0.717) is 0 Å². The summed E-state index contributed by atoms with van der Waals surface area (Å²) in [5, 5.41) is 19.5. The standard InChI is InChI=1S/C17H26O4/c1-12(15(18)19)17(16(20)21,13-8-4-2-5-9-13)14-10-6-3-7-11-14/h13-14H,1-11H2,(H,18,19)(H,20,21). The summed E-state index contributed by atoms with van der Waals surface area (Å²) in [5.74, 6) is -2.26. The summed E-state index contributed by atoms with van der Waals surface area (Å²) in [6.45, 7) is 3.72. The van der Waals surface area contributed by atoms with Crippen LogP contribution in [0, 0.1) is 17.3 Å². The molecule has 0 aromatic rings. The molecule has 0 aromatic heterocycles. The number of hydrogen-bond donors (Lipinski definition) is 2. The van der Waals surface area contributed by atoms with E-state index >= 15 is 0 Å². The van der Waals surface area contributed by atoms with E-state index in [2.05, 4.69) is 6.58 Å². The van der Waals surface area contributed by atoms with Gasteiger partial charge in [0.25, 0.3) is 0 Å². The third-order valence-corrected chi connectivity index (χ3v) is 5.61. The molecular weight excluding hydrogens is 268 g/mol. The largest absolute Gasteiger partial charge is 0.481 e. The van der Waals surface area contributed by atoms with Crippen LogP contribution in [-0.2, 0) is 9.59 Å². The molecule has 2 aliphatic rings. The van der Waals surface area contributed by atoms with Crippen molar-refractivity contribution in [2.24, 2.45) is 17.3 Å². The molecular formula is C17H26O4. The SMILES string of the molecule is C=C(C(=O)O)C(C(=O)O)(C1CCCCC1)C1CCCCC1. The Kier molecular flexibility index (Phi) is 5.07. The molecule has 0 unspecified atom stereocenters. The summed E-state index contributed by atoms with van der Waals surface area (Å²) in [5.41, 5.74) is -1.35. The lowest BCUT2D eigenvalue weighted by atomic mass is 9.56. The fraction of sp³-hybridized carbons (Fsp3) is 0.765. The zero-order valence-corrected chi connectivity index (χ0v) is 12.6. The van der Waals surface area contributed by atoms with Crippen LogP contribution in [-0.4, -0.2) is 22.2 Å². The third-order valence-electron chi connectivity index (χ3n) is 5.61. The first kappa shape index (κ1) is 16.1. The van der Waals surface area contributed by atoms with Gasteiger partial charge in [0.2, 0.25) is 0 Å². The Balaban J connectivity index is 2.44.